The van der Waals surface area contributed by atoms with Crippen LogP contribution < -0.4 is 5.32 Å². The van der Waals surface area contributed by atoms with Crippen molar-refractivity contribution in [2.45, 2.75) is 58.9 Å². The lowest BCUT2D eigenvalue weighted by Crippen LogP contribution is -2.35. The van der Waals surface area contributed by atoms with E-state index in [1.807, 2.05) is 31.2 Å². The number of aryl methyl sites for hydroxylation is 2. The monoisotopic (exact) mass is 323 g/mol. The molecule has 1 amide bonds. The SMILES string of the molecule is CCC(CCC(C)(F)F)NC(=O)c1ccn2c(C)cc(C)nc12. The summed E-state index contributed by atoms with van der Waals surface area (Å²) in [5, 5.41) is 2.85. The molecular weight excluding hydrogens is 300 g/mol. The van der Waals surface area contributed by atoms with Crippen molar-refractivity contribution in [3.63, 3.8) is 0 Å². The number of fused-ring (bicyclic) bond motifs is 1. The molecule has 6 heteroatoms. The van der Waals surface area contributed by atoms with E-state index in [2.05, 4.69) is 10.3 Å². The highest BCUT2D eigenvalue weighted by atomic mass is 19.3. The summed E-state index contributed by atoms with van der Waals surface area (Å²) in [5.74, 6) is -2.98. The molecule has 2 rings (SSSR count). The third kappa shape index (κ3) is 4.27. The molecule has 0 saturated heterocycles. The van der Waals surface area contributed by atoms with Gasteiger partial charge in [-0.3, -0.25) is 4.79 Å². The van der Waals surface area contributed by atoms with E-state index in [4.69, 9.17) is 0 Å². The molecule has 0 bridgehead atoms. The van der Waals surface area contributed by atoms with Gasteiger partial charge in [0, 0.05) is 30.0 Å². The van der Waals surface area contributed by atoms with Gasteiger partial charge in [-0.25, -0.2) is 13.8 Å². The lowest BCUT2D eigenvalue weighted by molar-refractivity contribution is 0.00811. The Morgan fingerprint density at radius 1 is 1.43 bits per heavy atom. The van der Waals surface area contributed by atoms with Crippen LogP contribution in [0.15, 0.2) is 18.3 Å². The van der Waals surface area contributed by atoms with Crippen molar-refractivity contribution in [3.8, 4) is 0 Å². The van der Waals surface area contributed by atoms with Crippen molar-refractivity contribution in [1.29, 1.82) is 0 Å². The zero-order valence-corrected chi connectivity index (χ0v) is 14.0. The molecule has 0 aliphatic heterocycles. The van der Waals surface area contributed by atoms with E-state index >= 15 is 0 Å². The Morgan fingerprint density at radius 2 is 2.13 bits per heavy atom. The summed E-state index contributed by atoms with van der Waals surface area (Å²) in [4.78, 5) is 16.9. The molecule has 1 N–H and O–H groups in total. The van der Waals surface area contributed by atoms with Gasteiger partial charge in [0.05, 0.1) is 5.56 Å². The number of hydrogen-bond acceptors (Lipinski definition) is 2. The first-order valence-corrected chi connectivity index (χ1v) is 7.85. The zero-order chi connectivity index (χ0) is 17.2. The van der Waals surface area contributed by atoms with Gasteiger partial charge in [0.25, 0.3) is 5.91 Å². The van der Waals surface area contributed by atoms with E-state index < -0.39 is 5.92 Å². The maximum Gasteiger partial charge on any atom is 0.255 e. The molecule has 1 unspecified atom stereocenters. The Morgan fingerprint density at radius 3 is 2.74 bits per heavy atom. The minimum Gasteiger partial charge on any atom is -0.349 e. The Balaban J connectivity index is 2.17. The molecule has 0 aromatic carbocycles. The Bertz CT molecular complexity index is 704. The van der Waals surface area contributed by atoms with Gasteiger partial charge in [0.1, 0.15) is 5.65 Å². The molecule has 4 nitrogen and oxygen atoms in total. The number of nitrogens with zero attached hydrogens (tertiary/aromatic N) is 2. The maximum atomic E-state index is 13.0. The number of carbonyl (C=O) groups is 1. The summed E-state index contributed by atoms with van der Waals surface area (Å²) < 4.78 is 27.9. The molecule has 0 saturated carbocycles. The number of hydrogen-bond donors (Lipinski definition) is 1. The molecular formula is C17H23F2N3O. The summed E-state index contributed by atoms with van der Waals surface area (Å²) in [5.41, 5.74) is 2.89. The van der Waals surface area contributed by atoms with Crippen LogP contribution in [0.2, 0.25) is 0 Å². The molecule has 0 radical (unpaired) electrons. The molecule has 0 fully saturated rings. The minimum atomic E-state index is -2.71. The van der Waals surface area contributed by atoms with Gasteiger partial charge < -0.3 is 9.72 Å². The topological polar surface area (TPSA) is 46.4 Å². The van der Waals surface area contributed by atoms with Gasteiger partial charge in [-0.15, -0.1) is 0 Å². The second-order valence-corrected chi connectivity index (χ2v) is 6.15. The first kappa shape index (κ1) is 17.4. The lowest BCUT2D eigenvalue weighted by atomic mass is 10.1. The fourth-order valence-corrected chi connectivity index (χ4v) is 2.64. The lowest BCUT2D eigenvalue weighted by Gasteiger charge is -2.19. The van der Waals surface area contributed by atoms with Crippen LogP contribution in [0.5, 0.6) is 0 Å². The molecule has 23 heavy (non-hydrogen) atoms. The highest BCUT2D eigenvalue weighted by Gasteiger charge is 2.24. The van der Waals surface area contributed by atoms with Crippen molar-refractivity contribution < 1.29 is 13.6 Å². The average molecular weight is 323 g/mol. The van der Waals surface area contributed by atoms with Crippen LogP contribution in [-0.2, 0) is 0 Å². The van der Waals surface area contributed by atoms with Gasteiger partial charge >= 0.3 is 0 Å². The normalized spacial score (nSPS) is 13.3. The van der Waals surface area contributed by atoms with Crippen molar-refractivity contribution in [3.05, 3.63) is 35.3 Å². The zero-order valence-electron chi connectivity index (χ0n) is 14.0. The maximum absolute atomic E-state index is 13.0. The Labute approximate surface area is 134 Å². The number of aromatic nitrogens is 2. The molecule has 126 valence electrons. The van der Waals surface area contributed by atoms with E-state index in [9.17, 15) is 13.6 Å². The quantitative estimate of drug-likeness (QED) is 0.876. The van der Waals surface area contributed by atoms with E-state index in [0.29, 0.717) is 17.6 Å². The predicted octanol–water partition coefficient (Wildman–Crippen LogP) is 3.89. The van der Waals surface area contributed by atoms with Crippen LogP contribution in [0.1, 0.15) is 54.9 Å². The van der Waals surface area contributed by atoms with Crippen LogP contribution in [0.4, 0.5) is 8.78 Å². The molecule has 2 aromatic rings. The summed E-state index contributed by atoms with van der Waals surface area (Å²) in [6, 6.07) is 3.38. The molecule has 2 aromatic heterocycles. The number of amides is 1. The molecule has 0 aliphatic rings. The minimum absolute atomic E-state index is 0.237. The Kier molecular flexibility index (Phi) is 5.02. The van der Waals surface area contributed by atoms with Gasteiger partial charge in [0.15, 0.2) is 0 Å². The van der Waals surface area contributed by atoms with Crippen LogP contribution in [0.25, 0.3) is 5.65 Å². The fraction of sp³-hybridized carbons (Fsp3) is 0.529. The second kappa shape index (κ2) is 6.64. The van der Waals surface area contributed by atoms with Crippen LogP contribution in [0.3, 0.4) is 0 Å². The van der Waals surface area contributed by atoms with E-state index in [1.54, 1.807) is 12.3 Å². The van der Waals surface area contributed by atoms with E-state index in [1.165, 1.54) is 0 Å². The third-order valence-electron chi connectivity index (χ3n) is 3.94. The standard InChI is InChI=1S/C17H23F2N3O/c1-5-13(6-8-17(4,18)19)21-16(23)14-7-9-22-12(3)10-11(2)20-15(14)22/h7,9-10,13H,5-6,8H2,1-4H3,(H,21,23). The smallest absolute Gasteiger partial charge is 0.255 e. The predicted molar refractivity (Wildman–Crippen MR) is 86.1 cm³/mol. The number of carbonyl (C=O) groups excluding carboxylic acids is 1. The van der Waals surface area contributed by atoms with Gasteiger partial charge in [-0.2, -0.15) is 0 Å². The largest absolute Gasteiger partial charge is 0.349 e. The number of rotatable bonds is 6. The van der Waals surface area contributed by atoms with Crippen molar-refractivity contribution >= 4 is 11.6 Å². The first-order valence-electron chi connectivity index (χ1n) is 7.85. The second-order valence-electron chi connectivity index (χ2n) is 6.15. The number of alkyl halides is 2. The van der Waals surface area contributed by atoms with Crippen LogP contribution in [-0.4, -0.2) is 27.3 Å². The van der Waals surface area contributed by atoms with Gasteiger partial charge in [-0.05, 0) is 45.7 Å². The van der Waals surface area contributed by atoms with Crippen LogP contribution in [0, 0.1) is 13.8 Å². The fourth-order valence-electron chi connectivity index (χ4n) is 2.64. The summed E-state index contributed by atoms with van der Waals surface area (Å²) in [7, 11) is 0. The van der Waals surface area contributed by atoms with E-state index in [-0.39, 0.29) is 24.8 Å². The van der Waals surface area contributed by atoms with E-state index in [0.717, 1.165) is 18.3 Å². The van der Waals surface area contributed by atoms with Gasteiger partial charge in [0.2, 0.25) is 5.92 Å². The third-order valence-corrected chi connectivity index (χ3v) is 3.94. The molecule has 2 heterocycles. The highest BCUT2D eigenvalue weighted by Crippen LogP contribution is 2.21. The van der Waals surface area contributed by atoms with Crippen molar-refractivity contribution in [2.75, 3.05) is 0 Å². The first-order chi connectivity index (χ1) is 10.7. The van der Waals surface area contributed by atoms with Crippen LogP contribution >= 0.6 is 0 Å². The molecule has 0 spiro atoms. The summed E-state index contributed by atoms with van der Waals surface area (Å²) in [6.45, 7) is 6.60. The molecule has 1 atom stereocenters. The summed E-state index contributed by atoms with van der Waals surface area (Å²) >= 11 is 0. The number of halogens is 2. The summed E-state index contributed by atoms with van der Waals surface area (Å²) in [6.07, 6.45) is 2.42. The van der Waals surface area contributed by atoms with Gasteiger partial charge in [-0.1, -0.05) is 6.92 Å². The average Bonchev–Trinajstić information content (AvgIpc) is 2.86. The molecule has 0 aliphatic carbocycles. The highest BCUT2D eigenvalue weighted by molar-refractivity contribution is 6.00. The Hall–Kier alpha value is -1.98. The van der Waals surface area contributed by atoms with Crippen molar-refractivity contribution in [2.24, 2.45) is 0 Å². The van der Waals surface area contributed by atoms with Crippen molar-refractivity contribution in [1.82, 2.24) is 14.7 Å². The number of nitrogens with one attached hydrogen (secondary N) is 1.